The summed E-state index contributed by atoms with van der Waals surface area (Å²) in [4.78, 5) is 10.3. The van der Waals surface area contributed by atoms with Crippen LogP contribution < -0.4 is 10.6 Å². The van der Waals surface area contributed by atoms with Crippen LogP contribution in [0, 0.1) is 17.0 Å². The third kappa shape index (κ3) is 4.68. The summed E-state index contributed by atoms with van der Waals surface area (Å²) in [6, 6.07) is 4.95. The van der Waals surface area contributed by atoms with Crippen molar-refractivity contribution in [2.45, 2.75) is 20.0 Å². The molecule has 0 aliphatic carbocycles. The second kappa shape index (κ2) is 6.93. The van der Waals surface area contributed by atoms with Gasteiger partial charge in [0.1, 0.15) is 0 Å². The molecule has 0 fully saturated rings. The molecule has 0 amide bonds. The van der Waals surface area contributed by atoms with E-state index in [4.69, 9.17) is 5.11 Å². The molecule has 0 heterocycles. The van der Waals surface area contributed by atoms with Gasteiger partial charge in [0.2, 0.25) is 0 Å². The van der Waals surface area contributed by atoms with E-state index in [2.05, 4.69) is 10.6 Å². The van der Waals surface area contributed by atoms with E-state index in [0.717, 1.165) is 12.2 Å². The monoisotopic (exact) mass is 253 g/mol. The first-order valence-electron chi connectivity index (χ1n) is 5.88. The van der Waals surface area contributed by atoms with Crippen molar-refractivity contribution in [2.75, 3.05) is 25.0 Å². The quantitative estimate of drug-likeness (QED) is 0.387. The van der Waals surface area contributed by atoms with Crippen molar-refractivity contribution in [1.29, 1.82) is 0 Å². The van der Waals surface area contributed by atoms with Crippen LogP contribution >= 0.6 is 0 Å². The second-order valence-electron chi connectivity index (χ2n) is 4.24. The summed E-state index contributed by atoms with van der Waals surface area (Å²) in [5.41, 5.74) is 1.63. The number of aryl methyl sites for hydroxylation is 1. The molecule has 0 saturated carbocycles. The van der Waals surface area contributed by atoms with E-state index in [1.54, 1.807) is 26.0 Å². The molecule has 6 nitrogen and oxygen atoms in total. The number of hydrogen-bond acceptors (Lipinski definition) is 5. The predicted molar refractivity (Wildman–Crippen MR) is 70.9 cm³/mol. The van der Waals surface area contributed by atoms with Crippen molar-refractivity contribution in [1.82, 2.24) is 5.32 Å². The molecule has 1 rings (SSSR count). The summed E-state index contributed by atoms with van der Waals surface area (Å²) in [6.07, 6.45) is -0.355. The Bertz CT molecular complexity index is 408. The number of nitrogens with zero attached hydrogens (tertiary/aromatic N) is 1. The molecule has 1 aromatic rings. The van der Waals surface area contributed by atoms with Gasteiger partial charge in [-0.15, -0.1) is 0 Å². The van der Waals surface area contributed by atoms with Gasteiger partial charge in [-0.25, -0.2) is 0 Å². The molecule has 1 atom stereocenters. The number of anilines is 1. The minimum absolute atomic E-state index is 0.132. The third-order valence-electron chi connectivity index (χ3n) is 2.46. The zero-order chi connectivity index (χ0) is 13.5. The summed E-state index contributed by atoms with van der Waals surface area (Å²) < 4.78 is 0. The first kappa shape index (κ1) is 14.4. The van der Waals surface area contributed by atoms with E-state index >= 15 is 0 Å². The summed E-state index contributed by atoms with van der Waals surface area (Å²) >= 11 is 0. The average molecular weight is 253 g/mol. The molecule has 1 aromatic carbocycles. The molecule has 18 heavy (non-hydrogen) atoms. The molecule has 0 aliphatic heterocycles. The van der Waals surface area contributed by atoms with Gasteiger partial charge in [-0.1, -0.05) is 0 Å². The lowest BCUT2D eigenvalue weighted by molar-refractivity contribution is -0.385. The Labute approximate surface area is 106 Å². The highest BCUT2D eigenvalue weighted by Gasteiger charge is 2.09. The van der Waals surface area contributed by atoms with Crippen molar-refractivity contribution in [2.24, 2.45) is 0 Å². The zero-order valence-electron chi connectivity index (χ0n) is 10.6. The molecule has 0 aromatic heterocycles. The van der Waals surface area contributed by atoms with Crippen LogP contribution in [0.1, 0.15) is 12.5 Å². The first-order valence-corrected chi connectivity index (χ1v) is 5.88. The summed E-state index contributed by atoms with van der Waals surface area (Å²) in [6.45, 7) is 5.42. The third-order valence-corrected chi connectivity index (χ3v) is 2.46. The van der Waals surface area contributed by atoms with E-state index in [-0.39, 0.29) is 16.7 Å². The molecule has 0 aliphatic rings. The maximum Gasteiger partial charge on any atom is 0.272 e. The van der Waals surface area contributed by atoms with Gasteiger partial charge in [-0.05, 0) is 26.0 Å². The topological polar surface area (TPSA) is 87.4 Å². The summed E-state index contributed by atoms with van der Waals surface area (Å²) in [5.74, 6) is 0. The van der Waals surface area contributed by atoms with Gasteiger partial charge < -0.3 is 15.7 Å². The molecule has 0 radical (unpaired) electrons. The fourth-order valence-corrected chi connectivity index (χ4v) is 1.58. The fraction of sp³-hybridized carbons (Fsp3) is 0.500. The second-order valence-corrected chi connectivity index (χ2v) is 4.24. The lowest BCUT2D eigenvalue weighted by atomic mass is 10.2. The van der Waals surface area contributed by atoms with Crippen LogP contribution in [0.5, 0.6) is 0 Å². The molecule has 3 N–H and O–H groups in total. The van der Waals surface area contributed by atoms with Crippen molar-refractivity contribution in [3.05, 3.63) is 33.9 Å². The average Bonchev–Trinajstić information content (AvgIpc) is 2.27. The Morgan fingerprint density at radius 1 is 1.44 bits per heavy atom. The van der Waals surface area contributed by atoms with Crippen LogP contribution in [0.2, 0.25) is 0 Å². The minimum atomic E-state index is -0.386. The van der Waals surface area contributed by atoms with E-state index in [1.165, 1.54) is 6.07 Å². The molecule has 1 unspecified atom stereocenters. The lowest BCUT2D eigenvalue weighted by Crippen LogP contribution is -2.28. The Hall–Kier alpha value is -1.66. The number of hydrogen-bond donors (Lipinski definition) is 3. The van der Waals surface area contributed by atoms with Crippen LogP contribution in [0.15, 0.2) is 18.2 Å². The Morgan fingerprint density at radius 2 is 2.17 bits per heavy atom. The molecular weight excluding hydrogens is 234 g/mol. The standard InChI is InChI=1S/C12H19N3O3/c1-9-7-11(3-4-12(9)15(17)18)14-6-5-13-8-10(2)16/h3-4,7,10,13-14,16H,5-6,8H2,1-2H3. The number of aliphatic hydroxyl groups is 1. The number of nitrogens with one attached hydrogen (secondary N) is 2. The summed E-state index contributed by atoms with van der Waals surface area (Å²) in [7, 11) is 0. The molecule has 100 valence electrons. The van der Waals surface area contributed by atoms with Gasteiger partial charge in [0.15, 0.2) is 0 Å². The summed E-state index contributed by atoms with van der Waals surface area (Å²) in [5, 5.41) is 25.9. The van der Waals surface area contributed by atoms with Gasteiger partial charge in [0, 0.05) is 37.0 Å². The van der Waals surface area contributed by atoms with Crippen molar-refractivity contribution < 1.29 is 10.0 Å². The van der Waals surface area contributed by atoms with Gasteiger partial charge >= 0.3 is 0 Å². The Kier molecular flexibility index (Phi) is 5.54. The Morgan fingerprint density at radius 3 is 2.72 bits per heavy atom. The van der Waals surface area contributed by atoms with E-state index in [9.17, 15) is 10.1 Å². The Balaban J connectivity index is 2.39. The van der Waals surface area contributed by atoms with E-state index in [1.807, 2.05) is 0 Å². The van der Waals surface area contributed by atoms with Crippen LogP contribution in [0.4, 0.5) is 11.4 Å². The largest absolute Gasteiger partial charge is 0.392 e. The van der Waals surface area contributed by atoms with Crippen LogP contribution in [-0.2, 0) is 0 Å². The SMILES string of the molecule is Cc1cc(NCCNCC(C)O)ccc1[N+](=O)[O-]. The zero-order valence-corrected chi connectivity index (χ0v) is 10.6. The van der Waals surface area contributed by atoms with Crippen LogP contribution in [0.3, 0.4) is 0 Å². The van der Waals surface area contributed by atoms with E-state index in [0.29, 0.717) is 18.7 Å². The highest BCUT2D eigenvalue weighted by atomic mass is 16.6. The molecule has 0 bridgehead atoms. The molecular formula is C12H19N3O3. The fourth-order valence-electron chi connectivity index (χ4n) is 1.58. The van der Waals surface area contributed by atoms with Gasteiger partial charge in [0.25, 0.3) is 5.69 Å². The lowest BCUT2D eigenvalue weighted by Gasteiger charge is -2.09. The highest BCUT2D eigenvalue weighted by molar-refractivity contribution is 5.53. The van der Waals surface area contributed by atoms with Gasteiger partial charge in [-0.2, -0.15) is 0 Å². The first-order chi connectivity index (χ1) is 8.50. The van der Waals surface area contributed by atoms with Crippen LogP contribution in [0.25, 0.3) is 0 Å². The predicted octanol–water partition coefficient (Wildman–Crippen LogP) is 1.29. The number of nitro groups is 1. The van der Waals surface area contributed by atoms with Gasteiger partial charge in [0.05, 0.1) is 11.0 Å². The maximum atomic E-state index is 10.6. The van der Waals surface area contributed by atoms with Crippen molar-refractivity contribution in [3.8, 4) is 0 Å². The highest BCUT2D eigenvalue weighted by Crippen LogP contribution is 2.21. The van der Waals surface area contributed by atoms with Gasteiger partial charge in [-0.3, -0.25) is 10.1 Å². The smallest absolute Gasteiger partial charge is 0.272 e. The molecule has 0 saturated heterocycles. The van der Waals surface area contributed by atoms with Crippen molar-refractivity contribution in [3.63, 3.8) is 0 Å². The molecule has 0 spiro atoms. The number of nitro benzene ring substituents is 1. The number of benzene rings is 1. The normalized spacial score (nSPS) is 12.2. The van der Waals surface area contributed by atoms with Crippen LogP contribution in [-0.4, -0.2) is 35.8 Å². The minimum Gasteiger partial charge on any atom is -0.392 e. The molecule has 6 heteroatoms. The van der Waals surface area contributed by atoms with Crippen molar-refractivity contribution >= 4 is 11.4 Å². The number of rotatable bonds is 7. The maximum absolute atomic E-state index is 10.6. The van der Waals surface area contributed by atoms with E-state index < -0.39 is 0 Å². The number of aliphatic hydroxyl groups excluding tert-OH is 1.